The Morgan fingerprint density at radius 3 is 2.74 bits per heavy atom. The van der Waals surface area contributed by atoms with Crippen molar-refractivity contribution in [3.63, 3.8) is 0 Å². The molecule has 1 atom stereocenters. The van der Waals surface area contributed by atoms with Gasteiger partial charge in [-0.15, -0.1) is 0 Å². The van der Waals surface area contributed by atoms with Gasteiger partial charge in [0.2, 0.25) is 5.95 Å². The Morgan fingerprint density at radius 1 is 1.15 bits per heavy atom. The number of nitrogens with zero attached hydrogens (tertiary/aromatic N) is 1. The maximum Gasteiger partial charge on any atom is 0.255 e. The summed E-state index contributed by atoms with van der Waals surface area (Å²) in [5, 5.41) is 3.83. The molecule has 4 aromatic rings. The van der Waals surface area contributed by atoms with Gasteiger partial charge in [0.25, 0.3) is 5.91 Å². The predicted octanol–water partition coefficient (Wildman–Crippen LogP) is 5.97. The highest BCUT2D eigenvalue weighted by Crippen LogP contribution is 2.28. The maximum absolute atomic E-state index is 13.7. The number of rotatable bonds is 8. The van der Waals surface area contributed by atoms with Crippen LogP contribution < -0.4 is 10.1 Å². The van der Waals surface area contributed by atoms with Gasteiger partial charge in [-0.3, -0.25) is 4.79 Å². The Hall–Kier alpha value is -3.74. The minimum atomic E-state index is -0.518. The summed E-state index contributed by atoms with van der Waals surface area (Å²) in [4.78, 5) is 20.2. The number of fused-ring (bicyclic) bond motifs is 1. The van der Waals surface area contributed by atoms with E-state index in [2.05, 4.69) is 15.3 Å². The molecule has 0 aliphatic rings. The van der Waals surface area contributed by atoms with Crippen LogP contribution in [-0.4, -0.2) is 28.5 Å². The van der Waals surface area contributed by atoms with Gasteiger partial charge in [-0.2, -0.15) is 4.39 Å². The lowest BCUT2D eigenvalue weighted by Crippen LogP contribution is -2.34. The number of amides is 1. The monoisotopic (exact) mass is 463 g/mol. The van der Waals surface area contributed by atoms with E-state index < -0.39 is 5.95 Å². The number of aromatic nitrogens is 2. The minimum absolute atomic E-state index is 0.216. The molecule has 34 heavy (non-hydrogen) atoms. The molecule has 0 bridgehead atoms. The Kier molecular flexibility index (Phi) is 6.91. The number of aromatic amines is 1. The minimum Gasteiger partial charge on any atom is -0.493 e. The molecular formula is C27H27F2N3O2. The molecule has 0 fully saturated rings. The highest BCUT2D eigenvalue weighted by Gasteiger charge is 2.18. The van der Waals surface area contributed by atoms with E-state index in [0.717, 1.165) is 28.5 Å². The first-order valence-electron chi connectivity index (χ1n) is 11.3. The molecule has 0 saturated carbocycles. The number of carbonyl (C=O) groups excluding carboxylic acids is 1. The number of ether oxygens (including phenoxy) is 1. The van der Waals surface area contributed by atoms with Crippen molar-refractivity contribution in [3.8, 4) is 16.9 Å². The van der Waals surface area contributed by atoms with Crippen molar-refractivity contribution in [1.29, 1.82) is 0 Å². The number of benzene rings is 2. The number of nitrogens with one attached hydrogen (secondary N) is 2. The zero-order valence-electron chi connectivity index (χ0n) is 19.4. The lowest BCUT2D eigenvalue weighted by atomic mass is 10.0. The van der Waals surface area contributed by atoms with E-state index in [0.29, 0.717) is 35.5 Å². The van der Waals surface area contributed by atoms with Gasteiger partial charge in [0.05, 0.1) is 12.2 Å². The first-order chi connectivity index (χ1) is 16.4. The Labute approximate surface area is 197 Å². The van der Waals surface area contributed by atoms with Crippen LogP contribution in [0.1, 0.15) is 41.8 Å². The van der Waals surface area contributed by atoms with E-state index in [4.69, 9.17) is 4.74 Å². The highest BCUT2D eigenvalue weighted by atomic mass is 19.1. The topological polar surface area (TPSA) is 67.0 Å². The summed E-state index contributed by atoms with van der Waals surface area (Å²) in [6.07, 6.45) is 4.62. The van der Waals surface area contributed by atoms with Gasteiger partial charge in [-0.05, 0) is 74.2 Å². The van der Waals surface area contributed by atoms with Crippen molar-refractivity contribution in [1.82, 2.24) is 15.3 Å². The molecule has 0 aliphatic carbocycles. The standard InChI is InChI=1S/C27H27F2N3O2/c1-4-9-34-25-8-5-18(19-10-16(2)26(29)31-14-19)12-23(25)27(33)32-17(3)11-20-15-30-24-7-6-21(28)13-22(20)24/h5-8,10,12-15,17,30H,4,9,11H2,1-3H3,(H,32,33). The molecule has 2 aromatic carbocycles. The van der Waals surface area contributed by atoms with Crippen LogP contribution in [0, 0.1) is 18.7 Å². The van der Waals surface area contributed by atoms with Crippen molar-refractivity contribution >= 4 is 16.8 Å². The van der Waals surface area contributed by atoms with Crippen LogP contribution in [0.5, 0.6) is 5.75 Å². The SMILES string of the molecule is CCCOc1ccc(-c2cnc(F)c(C)c2)cc1C(=O)NC(C)Cc1c[nH]c2ccc(F)cc12. The van der Waals surface area contributed by atoms with Gasteiger partial charge < -0.3 is 15.0 Å². The zero-order valence-corrected chi connectivity index (χ0v) is 19.4. The molecule has 2 N–H and O–H groups in total. The molecule has 2 heterocycles. The summed E-state index contributed by atoms with van der Waals surface area (Å²) in [5.74, 6) is -0.616. The van der Waals surface area contributed by atoms with Crippen molar-refractivity contribution in [2.45, 2.75) is 39.7 Å². The fourth-order valence-corrected chi connectivity index (χ4v) is 3.94. The molecule has 5 nitrogen and oxygen atoms in total. The van der Waals surface area contributed by atoms with Crippen molar-refractivity contribution in [2.75, 3.05) is 6.61 Å². The summed E-state index contributed by atoms with van der Waals surface area (Å²) in [7, 11) is 0. The second-order valence-corrected chi connectivity index (χ2v) is 8.47. The van der Waals surface area contributed by atoms with E-state index in [9.17, 15) is 13.6 Å². The largest absolute Gasteiger partial charge is 0.493 e. The first-order valence-corrected chi connectivity index (χ1v) is 11.3. The molecule has 0 saturated heterocycles. The van der Waals surface area contributed by atoms with Crippen LogP contribution in [-0.2, 0) is 6.42 Å². The predicted molar refractivity (Wildman–Crippen MR) is 129 cm³/mol. The normalized spacial score (nSPS) is 12.0. The number of halogens is 2. The van der Waals surface area contributed by atoms with E-state index in [1.165, 1.54) is 18.3 Å². The molecule has 7 heteroatoms. The molecular weight excluding hydrogens is 436 g/mol. The van der Waals surface area contributed by atoms with Gasteiger partial charge in [-0.1, -0.05) is 13.0 Å². The van der Waals surface area contributed by atoms with Crippen molar-refractivity contribution < 1.29 is 18.3 Å². The van der Waals surface area contributed by atoms with Gasteiger partial charge in [0.1, 0.15) is 11.6 Å². The number of hydrogen-bond donors (Lipinski definition) is 2. The molecule has 0 spiro atoms. The fourth-order valence-electron chi connectivity index (χ4n) is 3.94. The third-order valence-corrected chi connectivity index (χ3v) is 5.67. The lowest BCUT2D eigenvalue weighted by molar-refractivity contribution is 0.0936. The molecule has 1 amide bonds. The van der Waals surface area contributed by atoms with E-state index in [-0.39, 0.29) is 17.8 Å². The van der Waals surface area contributed by atoms with Crippen molar-refractivity contribution in [2.24, 2.45) is 0 Å². The van der Waals surface area contributed by atoms with E-state index in [1.54, 1.807) is 31.2 Å². The van der Waals surface area contributed by atoms with Gasteiger partial charge in [0.15, 0.2) is 0 Å². The number of carbonyl (C=O) groups is 1. The Morgan fingerprint density at radius 2 is 1.97 bits per heavy atom. The van der Waals surface area contributed by atoms with Gasteiger partial charge in [0, 0.05) is 40.5 Å². The number of hydrogen-bond acceptors (Lipinski definition) is 3. The number of H-pyrrole nitrogens is 1. The fraction of sp³-hybridized carbons (Fsp3) is 0.259. The van der Waals surface area contributed by atoms with Crippen LogP contribution in [0.3, 0.4) is 0 Å². The zero-order chi connectivity index (χ0) is 24.2. The molecule has 0 aliphatic heterocycles. The molecule has 176 valence electrons. The summed E-state index contributed by atoms with van der Waals surface area (Å²) in [6.45, 7) is 6.02. The van der Waals surface area contributed by atoms with Crippen LogP contribution in [0.2, 0.25) is 0 Å². The Balaban J connectivity index is 1.58. The second-order valence-electron chi connectivity index (χ2n) is 8.47. The van der Waals surface area contributed by atoms with Gasteiger partial charge in [-0.25, -0.2) is 9.37 Å². The molecule has 1 unspecified atom stereocenters. The van der Waals surface area contributed by atoms with Crippen molar-refractivity contribution in [3.05, 3.63) is 83.3 Å². The van der Waals surface area contributed by atoms with E-state index >= 15 is 0 Å². The van der Waals surface area contributed by atoms with Crippen LogP contribution >= 0.6 is 0 Å². The van der Waals surface area contributed by atoms with E-state index in [1.807, 2.05) is 26.1 Å². The van der Waals surface area contributed by atoms with Crippen LogP contribution in [0.15, 0.2) is 54.9 Å². The summed E-state index contributed by atoms with van der Waals surface area (Å²) in [5.41, 5.74) is 4.05. The lowest BCUT2D eigenvalue weighted by Gasteiger charge is -2.17. The highest BCUT2D eigenvalue weighted by molar-refractivity contribution is 5.98. The third kappa shape index (κ3) is 5.09. The number of pyridine rings is 1. The Bertz CT molecular complexity index is 1330. The van der Waals surface area contributed by atoms with Crippen LogP contribution in [0.4, 0.5) is 8.78 Å². The maximum atomic E-state index is 13.7. The van der Waals surface area contributed by atoms with Crippen LogP contribution in [0.25, 0.3) is 22.0 Å². The quantitative estimate of drug-likeness (QED) is 0.317. The third-order valence-electron chi connectivity index (χ3n) is 5.67. The first kappa shape index (κ1) is 23.4. The smallest absolute Gasteiger partial charge is 0.255 e. The molecule has 4 rings (SSSR count). The second kappa shape index (κ2) is 10.0. The summed E-state index contributed by atoms with van der Waals surface area (Å²) >= 11 is 0. The van der Waals surface area contributed by atoms with Gasteiger partial charge >= 0.3 is 0 Å². The number of aryl methyl sites for hydroxylation is 1. The molecule has 2 aromatic heterocycles. The summed E-state index contributed by atoms with van der Waals surface area (Å²) < 4.78 is 33.2. The summed E-state index contributed by atoms with van der Waals surface area (Å²) in [6, 6.07) is 11.4. The average molecular weight is 464 g/mol. The average Bonchev–Trinajstić information content (AvgIpc) is 3.20. The molecule has 0 radical (unpaired) electrons.